The summed E-state index contributed by atoms with van der Waals surface area (Å²) in [5.41, 5.74) is 0.464. The number of urea groups is 1. The van der Waals surface area contributed by atoms with Crippen molar-refractivity contribution in [1.29, 1.82) is 0 Å². The number of rotatable bonds is 4. The highest BCUT2D eigenvalue weighted by Gasteiger charge is 2.45. The lowest BCUT2D eigenvalue weighted by Gasteiger charge is -2.18. The lowest BCUT2D eigenvalue weighted by Crippen LogP contribution is -2.38. The average molecular weight is 345 g/mol. The van der Waals surface area contributed by atoms with Crippen LogP contribution in [0.25, 0.3) is 0 Å². The number of carbonyl (C=O) groups is 1. The molecule has 22 heavy (non-hydrogen) atoms. The minimum atomic E-state index is -2.70. The van der Waals surface area contributed by atoms with Crippen molar-refractivity contribution >= 4 is 34.1 Å². The SMILES string of the molecule is O=C(Nc1nnc(C(F)F)s1)NC1(c2cccc(Cl)c2)CC1. The average Bonchev–Trinajstić information content (AvgIpc) is 3.08. The first-order valence-electron chi connectivity index (χ1n) is 6.45. The second-order valence-corrected chi connectivity index (χ2v) is 6.36. The molecule has 1 aromatic heterocycles. The van der Waals surface area contributed by atoms with E-state index >= 15 is 0 Å². The Hall–Kier alpha value is -1.80. The number of amides is 2. The van der Waals surface area contributed by atoms with Crippen LogP contribution in [0.15, 0.2) is 24.3 Å². The highest BCUT2D eigenvalue weighted by Crippen LogP contribution is 2.46. The Labute approximate surface area is 133 Å². The summed E-state index contributed by atoms with van der Waals surface area (Å²) in [4.78, 5) is 12.0. The van der Waals surface area contributed by atoms with Gasteiger partial charge in [0, 0.05) is 5.02 Å². The zero-order valence-electron chi connectivity index (χ0n) is 11.1. The van der Waals surface area contributed by atoms with E-state index in [9.17, 15) is 13.6 Å². The van der Waals surface area contributed by atoms with Gasteiger partial charge in [0.1, 0.15) is 0 Å². The van der Waals surface area contributed by atoms with Crippen molar-refractivity contribution < 1.29 is 13.6 Å². The highest BCUT2D eigenvalue weighted by atomic mass is 35.5. The third kappa shape index (κ3) is 3.17. The fourth-order valence-corrected chi connectivity index (χ4v) is 2.90. The molecule has 2 amide bonds. The van der Waals surface area contributed by atoms with Crippen molar-refractivity contribution in [2.75, 3.05) is 5.32 Å². The molecule has 9 heteroatoms. The van der Waals surface area contributed by atoms with Gasteiger partial charge in [0.15, 0.2) is 5.01 Å². The molecule has 3 rings (SSSR count). The van der Waals surface area contributed by atoms with Gasteiger partial charge in [-0.1, -0.05) is 35.1 Å². The van der Waals surface area contributed by atoms with E-state index in [4.69, 9.17) is 11.6 Å². The van der Waals surface area contributed by atoms with Crippen LogP contribution in [0, 0.1) is 0 Å². The Morgan fingerprint density at radius 2 is 2.14 bits per heavy atom. The molecule has 2 N–H and O–H groups in total. The topological polar surface area (TPSA) is 66.9 Å². The van der Waals surface area contributed by atoms with Crippen LogP contribution in [-0.4, -0.2) is 16.2 Å². The van der Waals surface area contributed by atoms with Gasteiger partial charge in [0.05, 0.1) is 5.54 Å². The number of alkyl halides is 2. The summed E-state index contributed by atoms with van der Waals surface area (Å²) in [6, 6.07) is 6.76. The minimum absolute atomic E-state index is 0.0368. The third-order valence-electron chi connectivity index (χ3n) is 3.33. The first-order valence-corrected chi connectivity index (χ1v) is 7.65. The maximum Gasteiger partial charge on any atom is 0.321 e. The smallest absolute Gasteiger partial charge is 0.321 e. The van der Waals surface area contributed by atoms with Crippen LogP contribution in [0.1, 0.15) is 29.8 Å². The van der Waals surface area contributed by atoms with Gasteiger partial charge < -0.3 is 5.32 Å². The summed E-state index contributed by atoms with van der Waals surface area (Å²) in [6.45, 7) is 0. The van der Waals surface area contributed by atoms with E-state index in [1.54, 1.807) is 12.1 Å². The minimum Gasteiger partial charge on any atom is -0.328 e. The molecule has 0 saturated heterocycles. The van der Waals surface area contributed by atoms with Gasteiger partial charge in [0.2, 0.25) is 5.13 Å². The van der Waals surface area contributed by atoms with E-state index in [1.807, 2.05) is 12.1 Å². The van der Waals surface area contributed by atoms with Crippen molar-refractivity contribution in [3.8, 4) is 0 Å². The van der Waals surface area contributed by atoms with E-state index in [1.165, 1.54) is 0 Å². The molecule has 0 atom stereocenters. The zero-order valence-corrected chi connectivity index (χ0v) is 12.7. The van der Waals surface area contributed by atoms with Crippen LogP contribution >= 0.6 is 22.9 Å². The number of hydrogen-bond acceptors (Lipinski definition) is 4. The van der Waals surface area contributed by atoms with E-state index in [2.05, 4.69) is 20.8 Å². The van der Waals surface area contributed by atoms with Crippen molar-refractivity contribution in [2.24, 2.45) is 0 Å². The molecule has 0 unspecified atom stereocenters. The van der Waals surface area contributed by atoms with Gasteiger partial charge in [-0.3, -0.25) is 5.32 Å². The second-order valence-electron chi connectivity index (χ2n) is 4.92. The number of aromatic nitrogens is 2. The van der Waals surface area contributed by atoms with Gasteiger partial charge in [-0.15, -0.1) is 10.2 Å². The van der Waals surface area contributed by atoms with E-state index in [0.29, 0.717) is 16.4 Å². The fourth-order valence-electron chi connectivity index (χ4n) is 2.12. The Morgan fingerprint density at radius 3 is 2.73 bits per heavy atom. The van der Waals surface area contributed by atoms with E-state index in [-0.39, 0.29) is 5.13 Å². The molecular weight excluding hydrogens is 334 g/mol. The van der Waals surface area contributed by atoms with Crippen LogP contribution < -0.4 is 10.6 Å². The molecule has 1 aliphatic carbocycles. The van der Waals surface area contributed by atoms with E-state index < -0.39 is 23.0 Å². The number of anilines is 1. The molecule has 1 heterocycles. The number of carbonyl (C=O) groups excluding carboxylic acids is 1. The van der Waals surface area contributed by atoms with Crippen LogP contribution in [-0.2, 0) is 5.54 Å². The molecule has 0 spiro atoms. The maximum atomic E-state index is 12.4. The first-order chi connectivity index (χ1) is 10.5. The number of nitrogens with one attached hydrogen (secondary N) is 2. The number of hydrogen-bond donors (Lipinski definition) is 2. The summed E-state index contributed by atoms with van der Waals surface area (Å²) in [6.07, 6.45) is -1.12. The summed E-state index contributed by atoms with van der Waals surface area (Å²) in [7, 11) is 0. The second kappa shape index (κ2) is 5.77. The largest absolute Gasteiger partial charge is 0.328 e. The van der Waals surface area contributed by atoms with Gasteiger partial charge >= 0.3 is 6.03 Å². The summed E-state index contributed by atoms with van der Waals surface area (Å²) in [5, 5.41) is 12.3. The summed E-state index contributed by atoms with van der Waals surface area (Å²) >= 11 is 6.61. The monoisotopic (exact) mass is 344 g/mol. The fraction of sp³-hybridized carbons (Fsp3) is 0.308. The summed E-state index contributed by atoms with van der Waals surface area (Å²) in [5.74, 6) is 0. The summed E-state index contributed by atoms with van der Waals surface area (Å²) < 4.78 is 24.9. The Bertz CT molecular complexity index is 705. The molecule has 2 aromatic rings. The van der Waals surface area contributed by atoms with Gasteiger partial charge in [-0.2, -0.15) is 0 Å². The predicted octanol–water partition coefficient (Wildman–Crippen LogP) is 3.94. The Balaban J connectivity index is 1.66. The lowest BCUT2D eigenvalue weighted by molar-refractivity contribution is 0.150. The van der Waals surface area contributed by atoms with Gasteiger partial charge in [0.25, 0.3) is 6.43 Å². The zero-order chi connectivity index (χ0) is 15.7. The van der Waals surface area contributed by atoms with Crippen molar-refractivity contribution in [3.05, 3.63) is 39.9 Å². The molecule has 5 nitrogen and oxygen atoms in total. The van der Waals surface area contributed by atoms with Crippen LogP contribution in [0.2, 0.25) is 5.02 Å². The quantitative estimate of drug-likeness (QED) is 0.882. The predicted molar refractivity (Wildman–Crippen MR) is 79.4 cm³/mol. The van der Waals surface area contributed by atoms with Gasteiger partial charge in [-0.25, -0.2) is 13.6 Å². The Morgan fingerprint density at radius 1 is 1.36 bits per heavy atom. The molecule has 1 aromatic carbocycles. The molecule has 0 radical (unpaired) electrons. The normalized spacial score (nSPS) is 15.6. The van der Waals surface area contributed by atoms with E-state index in [0.717, 1.165) is 18.4 Å². The molecule has 1 aliphatic rings. The van der Waals surface area contributed by atoms with Crippen LogP contribution in [0.4, 0.5) is 18.7 Å². The third-order valence-corrected chi connectivity index (χ3v) is 4.41. The molecule has 0 bridgehead atoms. The maximum absolute atomic E-state index is 12.4. The van der Waals surface area contributed by atoms with Crippen molar-refractivity contribution in [2.45, 2.75) is 24.8 Å². The molecule has 1 fully saturated rings. The molecular formula is C13H11ClF2N4OS. The molecule has 116 valence electrons. The first kappa shape index (κ1) is 15.1. The van der Waals surface area contributed by atoms with Crippen LogP contribution in [0.5, 0.6) is 0 Å². The van der Waals surface area contributed by atoms with Crippen molar-refractivity contribution in [1.82, 2.24) is 15.5 Å². The standard InChI is InChI=1S/C13H11ClF2N4OS/c14-8-3-1-2-7(6-8)13(4-5-13)18-11(21)17-12-20-19-10(22-12)9(15)16/h1-3,6,9H,4-5H2,(H2,17,18,20,21). The number of nitrogens with zero attached hydrogens (tertiary/aromatic N) is 2. The highest BCUT2D eigenvalue weighted by molar-refractivity contribution is 7.15. The number of halogens is 3. The number of benzene rings is 1. The lowest BCUT2D eigenvalue weighted by atomic mass is 10.1. The molecule has 1 saturated carbocycles. The van der Waals surface area contributed by atoms with Crippen LogP contribution in [0.3, 0.4) is 0 Å². The Kier molecular flexibility index (Phi) is 3.96. The van der Waals surface area contributed by atoms with Crippen molar-refractivity contribution in [3.63, 3.8) is 0 Å². The molecule has 0 aliphatic heterocycles. The van der Waals surface area contributed by atoms with Gasteiger partial charge in [-0.05, 0) is 30.5 Å².